The van der Waals surface area contributed by atoms with Gasteiger partial charge in [0.25, 0.3) is 0 Å². The maximum Gasteiger partial charge on any atom is 0.225 e. The second-order valence-electron chi connectivity index (χ2n) is 5.41. The van der Waals surface area contributed by atoms with Gasteiger partial charge in [0, 0.05) is 13.0 Å². The van der Waals surface area contributed by atoms with Crippen molar-refractivity contribution in [2.75, 3.05) is 46.2 Å². The summed E-state index contributed by atoms with van der Waals surface area (Å²) in [6.45, 7) is 4.66. The van der Waals surface area contributed by atoms with E-state index in [4.69, 9.17) is 4.74 Å². The van der Waals surface area contributed by atoms with Gasteiger partial charge in [-0.05, 0) is 58.2 Å². The second kappa shape index (κ2) is 9.37. The highest BCUT2D eigenvalue weighted by atomic mass is 16.5. The molecule has 2 N–H and O–H groups in total. The Labute approximate surface area is 127 Å². The van der Waals surface area contributed by atoms with Gasteiger partial charge in [0.2, 0.25) is 5.91 Å². The number of benzene rings is 1. The number of ether oxygens (including phenoxy) is 1. The van der Waals surface area contributed by atoms with Crippen molar-refractivity contribution in [1.29, 1.82) is 0 Å². The molecule has 21 heavy (non-hydrogen) atoms. The van der Waals surface area contributed by atoms with E-state index in [-0.39, 0.29) is 5.91 Å². The van der Waals surface area contributed by atoms with Gasteiger partial charge < -0.3 is 20.3 Å². The molecular weight excluding hydrogens is 266 g/mol. The molecule has 5 heteroatoms. The molecule has 0 aromatic heterocycles. The highest BCUT2D eigenvalue weighted by Crippen LogP contribution is 2.25. The Hall–Kier alpha value is -1.59. The van der Waals surface area contributed by atoms with Crippen molar-refractivity contribution >= 4 is 11.6 Å². The molecule has 0 saturated carbocycles. The van der Waals surface area contributed by atoms with Gasteiger partial charge in [0.15, 0.2) is 0 Å². The topological polar surface area (TPSA) is 53.6 Å². The predicted molar refractivity (Wildman–Crippen MR) is 87.0 cm³/mol. The summed E-state index contributed by atoms with van der Waals surface area (Å²) in [5.41, 5.74) is 1.82. The molecule has 0 atom stereocenters. The van der Waals surface area contributed by atoms with Gasteiger partial charge in [0.05, 0.1) is 12.8 Å². The molecule has 1 aromatic carbocycles. The third-order valence-electron chi connectivity index (χ3n) is 3.12. The molecule has 118 valence electrons. The van der Waals surface area contributed by atoms with Gasteiger partial charge in [-0.3, -0.25) is 4.79 Å². The number of rotatable bonds is 9. The van der Waals surface area contributed by atoms with Crippen LogP contribution < -0.4 is 15.4 Å². The summed E-state index contributed by atoms with van der Waals surface area (Å²) in [7, 11) is 5.72. The van der Waals surface area contributed by atoms with Gasteiger partial charge >= 0.3 is 0 Å². The number of nitrogens with zero attached hydrogens (tertiary/aromatic N) is 1. The van der Waals surface area contributed by atoms with Crippen LogP contribution in [-0.2, 0) is 4.79 Å². The summed E-state index contributed by atoms with van der Waals surface area (Å²) in [5, 5.41) is 6.18. The third kappa shape index (κ3) is 7.11. The summed E-state index contributed by atoms with van der Waals surface area (Å²) in [6.07, 6.45) is 1.54. The second-order valence-corrected chi connectivity index (χ2v) is 5.41. The highest BCUT2D eigenvalue weighted by molar-refractivity contribution is 5.92. The van der Waals surface area contributed by atoms with Gasteiger partial charge in [-0.15, -0.1) is 0 Å². The number of amides is 1. The molecule has 1 aromatic rings. The Morgan fingerprint density at radius 3 is 2.71 bits per heavy atom. The summed E-state index contributed by atoms with van der Waals surface area (Å²) < 4.78 is 5.25. The fourth-order valence-electron chi connectivity index (χ4n) is 1.98. The number of aryl methyl sites for hydroxylation is 1. The van der Waals surface area contributed by atoms with E-state index in [9.17, 15) is 4.79 Å². The minimum absolute atomic E-state index is 0.000917. The zero-order valence-corrected chi connectivity index (χ0v) is 13.5. The van der Waals surface area contributed by atoms with Crippen molar-refractivity contribution in [2.24, 2.45) is 0 Å². The minimum atomic E-state index is -0.000917. The van der Waals surface area contributed by atoms with E-state index in [0.717, 1.165) is 30.8 Å². The molecule has 0 spiro atoms. The Morgan fingerprint density at radius 1 is 1.29 bits per heavy atom. The van der Waals surface area contributed by atoms with Crippen LogP contribution in [0.4, 0.5) is 5.69 Å². The van der Waals surface area contributed by atoms with E-state index >= 15 is 0 Å². The molecule has 5 nitrogen and oxygen atoms in total. The van der Waals surface area contributed by atoms with Gasteiger partial charge in [-0.2, -0.15) is 0 Å². The minimum Gasteiger partial charge on any atom is -0.495 e. The molecule has 1 amide bonds. The molecule has 0 aliphatic rings. The SMILES string of the molecule is COc1ccc(C)cc1NC(=O)CCNCCCN(C)C. The van der Waals surface area contributed by atoms with Crippen LogP contribution in [0, 0.1) is 6.92 Å². The maximum absolute atomic E-state index is 11.9. The van der Waals surface area contributed by atoms with E-state index in [1.807, 2.05) is 25.1 Å². The first kappa shape index (κ1) is 17.5. The van der Waals surface area contributed by atoms with E-state index < -0.39 is 0 Å². The number of anilines is 1. The van der Waals surface area contributed by atoms with Crippen LogP contribution in [0.3, 0.4) is 0 Å². The molecule has 0 unspecified atom stereocenters. The fourth-order valence-corrected chi connectivity index (χ4v) is 1.98. The van der Waals surface area contributed by atoms with Gasteiger partial charge in [0.1, 0.15) is 5.75 Å². The van der Waals surface area contributed by atoms with Crippen LogP contribution in [0.2, 0.25) is 0 Å². The van der Waals surface area contributed by atoms with E-state index in [2.05, 4.69) is 29.6 Å². The van der Waals surface area contributed by atoms with E-state index in [0.29, 0.717) is 18.7 Å². The first-order valence-electron chi connectivity index (χ1n) is 7.33. The van der Waals surface area contributed by atoms with E-state index in [1.165, 1.54) is 0 Å². The lowest BCUT2D eigenvalue weighted by atomic mass is 10.2. The summed E-state index contributed by atoms with van der Waals surface area (Å²) in [6, 6.07) is 5.74. The van der Waals surface area contributed by atoms with Crippen LogP contribution >= 0.6 is 0 Å². The van der Waals surface area contributed by atoms with Crippen LogP contribution in [-0.4, -0.2) is 51.6 Å². The molecule has 1 rings (SSSR count). The average Bonchev–Trinajstić information content (AvgIpc) is 2.42. The number of carbonyl (C=O) groups is 1. The van der Waals surface area contributed by atoms with Crippen molar-refractivity contribution in [3.63, 3.8) is 0 Å². The Balaban J connectivity index is 2.29. The molecule has 0 saturated heterocycles. The highest BCUT2D eigenvalue weighted by Gasteiger charge is 2.07. The Bertz CT molecular complexity index is 447. The predicted octanol–water partition coefficient (Wildman–Crippen LogP) is 1.87. The average molecular weight is 293 g/mol. The monoisotopic (exact) mass is 293 g/mol. The quantitative estimate of drug-likeness (QED) is 0.683. The van der Waals surface area contributed by atoms with Crippen molar-refractivity contribution in [3.8, 4) is 5.75 Å². The molecule has 0 bridgehead atoms. The lowest BCUT2D eigenvalue weighted by Crippen LogP contribution is -2.25. The summed E-state index contributed by atoms with van der Waals surface area (Å²) >= 11 is 0. The lowest BCUT2D eigenvalue weighted by Gasteiger charge is -2.12. The molecule has 0 radical (unpaired) electrons. The number of carbonyl (C=O) groups excluding carboxylic acids is 1. The lowest BCUT2D eigenvalue weighted by molar-refractivity contribution is -0.116. The molecule has 0 heterocycles. The Morgan fingerprint density at radius 2 is 2.05 bits per heavy atom. The molecular formula is C16H27N3O2. The van der Waals surface area contributed by atoms with Gasteiger partial charge in [-0.1, -0.05) is 6.07 Å². The van der Waals surface area contributed by atoms with Gasteiger partial charge in [-0.25, -0.2) is 0 Å². The number of hydrogen-bond acceptors (Lipinski definition) is 4. The number of hydrogen-bond donors (Lipinski definition) is 2. The van der Waals surface area contributed by atoms with Crippen LogP contribution in [0.5, 0.6) is 5.75 Å². The van der Waals surface area contributed by atoms with Crippen molar-refractivity contribution in [1.82, 2.24) is 10.2 Å². The zero-order valence-electron chi connectivity index (χ0n) is 13.5. The number of nitrogens with one attached hydrogen (secondary N) is 2. The zero-order chi connectivity index (χ0) is 15.7. The maximum atomic E-state index is 11.9. The van der Waals surface area contributed by atoms with Crippen molar-refractivity contribution < 1.29 is 9.53 Å². The Kier molecular flexibility index (Phi) is 7.79. The molecule has 0 aliphatic carbocycles. The van der Waals surface area contributed by atoms with Crippen LogP contribution in [0.15, 0.2) is 18.2 Å². The van der Waals surface area contributed by atoms with Crippen molar-refractivity contribution in [3.05, 3.63) is 23.8 Å². The van der Waals surface area contributed by atoms with Crippen molar-refractivity contribution in [2.45, 2.75) is 19.8 Å². The largest absolute Gasteiger partial charge is 0.495 e. The smallest absolute Gasteiger partial charge is 0.225 e. The normalized spacial score (nSPS) is 10.7. The standard InChI is InChI=1S/C16H27N3O2/c1-13-6-7-15(21-4)14(12-13)18-16(20)8-10-17-9-5-11-19(2)3/h6-7,12,17H,5,8-11H2,1-4H3,(H,18,20). The molecule has 0 aliphatic heterocycles. The third-order valence-corrected chi connectivity index (χ3v) is 3.12. The summed E-state index contributed by atoms with van der Waals surface area (Å²) in [5.74, 6) is 0.687. The first-order valence-corrected chi connectivity index (χ1v) is 7.33. The van der Waals surface area contributed by atoms with Crippen LogP contribution in [0.25, 0.3) is 0 Å². The first-order chi connectivity index (χ1) is 10.0. The number of methoxy groups -OCH3 is 1. The molecule has 0 fully saturated rings. The summed E-state index contributed by atoms with van der Waals surface area (Å²) in [4.78, 5) is 14.1. The van der Waals surface area contributed by atoms with E-state index in [1.54, 1.807) is 7.11 Å². The van der Waals surface area contributed by atoms with Crippen LogP contribution in [0.1, 0.15) is 18.4 Å². The fraction of sp³-hybridized carbons (Fsp3) is 0.562.